The highest BCUT2D eigenvalue weighted by atomic mass is 16.2. The van der Waals surface area contributed by atoms with Crippen LogP contribution in [0.3, 0.4) is 0 Å². The number of rotatable bonds is 3. The van der Waals surface area contributed by atoms with Crippen LogP contribution in [0.2, 0.25) is 0 Å². The Kier molecular flexibility index (Phi) is 4.87. The Balaban J connectivity index is 1.85. The minimum Gasteiger partial charge on any atom is -0.325 e. The van der Waals surface area contributed by atoms with Gasteiger partial charge < -0.3 is 9.80 Å². The summed E-state index contributed by atoms with van der Waals surface area (Å²) in [6.07, 6.45) is 4.78. The van der Waals surface area contributed by atoms with Crippen molar-refractivity contribution in [2.45, 2.75) is 45.6 Å². The Morgan fingerprint density at radius 2 is 1.72 bits per heavy atom. The Hall–Kier alpha value is -0.770. The van der Waals surface area contributed by atoms with E-state index in [1.807, 2.05) is 4.90 Å². The van der Waals surface area contributed by atoms with Crippen molar-refractivity contribution >= 4 is 6.03 Å². The van der Waals surface area contributed by atoms with E-state index in [2.05, 4.69) is 23.6 Å². The molecule has 0 N–H and O–H groups in total. The summed E-state index contributed by atoms with van der Waals surface area (Å²) < 4.78 is 0. The first-order valence-corrected chi connectivity index (χ1v) is 7.54. The molecule has 0 bridgehead atoms. The summed E-state index contributed by atoms with van der Waals surface area (Å²) in [4.78, 5) is 19.0. The molecule has 4 heteroatoms. The molecule has 1 unspecified atom stereocenters. The SMILES string of the molecule is CCN(CC)C1CCN(C(=O)N2CCCCC2)C1. The third kappa shape index (κ3) is 2.97. The van der Waals surface area contributed by atoms with E-state index in [-0.39, 0.29) is 6.03 Å². The maximum Gasteiger partial charge on any atom is 0.320 e. The summed E-state index contributed by atoms with van der Waals surface area (Å²) in [5.41, 5.74) is 0. The van der Waals surface area contributed by atoms with E-state index >= 15 is 0 Å². The fourth-order valence-electron chi connectivity index (χ4n) is 3.24. The Morgan fingerprint density at radius 1 is 1.06 bits per heavy atom. The molecule has 0 radical (unpaired) electrons. The second kappa shape index (κ2) is 6.41. The van der Waals surface area contributed by atoms with Crippen LogP contribution in [0.5, 0.6) is 0 Å². The van der Waals surface area contributed by atoms with Crippen molar-refractivity contribution in [3.05, 3.63) is 0 Å². The van der Waals surface area contributed by atoms with Gasteiger partial charge in [-0.1, -0.05) is 13.8 Å². The highest BCUT2D eigenvalue weighted by molar-refractivity contribution is 5.74. The summed E-state index contributed by atoms with van der Waals surface area (Å²) in [6.45, 7) is 10.4. The van der Waals surface area contributed by atoms with Gasteiger partial charge in [-0.2, -0.15) is 0 Å². The number of nitrogens with zero attached hydrogens (tertiary/aromatic N) is 3. The van der Waals surface area contributed by atoms with Crippen LogP contribution < -0.4 is 0 Å². The second-order valence-corrected chi connectivity index (χ2v) is 5.44. The van der Waals surface area contributed by atoms with E-state index in [1.165, 1.54) is 19.3 Å². The van der Waals surface area contributed by atoms with Crippen molar-refractivity contribution in [1.82, 2.24) is 14.7 Å². The van der Waals surface area contributed by atoms with Crippen LogP contribution in [0, 0.1) is 0 Å². The first-order chi connectivity index (χ1) is 8.76. The molecular formula is C14H27N3O. The minimum atomic E-state index is 0.282. The maximum atomic E-state index is 12.4. The van der Waals surface area contributed by atoms with Crippen LogP contribution in [-0.4, -0.2) is 66.0 Å². The number of carbonyl (C=O) groups is 1. The Labute approximate surface area is 111 Å². The summed E-state index contributed by atoms with van der Waals surface area (Å²) in [5, 5.41) is 0. The molecule has 0 aliphatic carbocycles. The number of urea groups is 1. The standard InChI is InChI=1S/C14H27N3O/c1-3-15(4-2)13-8-11-17(12-13)14(18)16-9-6-5-7-10-16/h13H,3-12H2,1-2H3. The van der Waals surface area contributed by atoms with E-state index < -0.39 is 0 Å². The maximum absolute atomic E-state index is 12.4. The van der Waals surface area contributed by atoms with Gasteiger partial charge in [0, 0.05) is 32.2 Å². The monoisotopic (exact) mass is 253 g/mol. The molecule has 0 aromatic heterocycles. The van der Waals surface area contributed by atoms with Gasteiger partial charge in [0.2, 0.25) is 0 Å². The van der Waals surface area contributed by atoms with Crippen molar-refractivity contribution < 1.29 is 4.79 Å². The van der Waals surface area contributed by atoms with Crippen molar-refractivity contribution in [2.75, 3.05) is 39.3 Å². The van der Waals surface area contributed by atoms with Crippen LogP contribution in [-0.2, 0) is 0 Å². The molecule has 2 fully saturated rings. The zero-order valence-corrected chi connectivity index (χ0v) is 11.9. The number of hydrogen-bond acceptors (Lipinski definition) is 2. The number of piperidine rings is 1. The summed E-state index contributed by atoms with van der Waals surface area (Å²) in [5.74, 6) is 0. The number of likely N-dealkylation sites (N-methyl/N-ethyl adjacent to an activating group) is 1. The molecule has 104 valence electrons. The molecule has 2 rings (SSSR count). The molecule has 2 saturated heterocycles. The summed E-state index contributed by atoms with van der Waals surface area (Å²) in [7, 11) is 0. The highest BCUT2D eigenvalue weighted by Gasteiger charge is 2.31. The largest absolute Gasteiger partial charge is 0.325 e. The molecule has 2 heterocycles. The summed E-state index contributed by atoms with van der Waals surface area (Å²) in [6, 6.07) is 0.859. The molecule has 2 amide bonds. The lowest BCUT2D eigenvalue weighted by Gasteiger charge is -2.32. The lowest BCUT2D eigenvalue weighted by Crippen LogP contribution is -2.46. The van der Waals surface area contributed by atoms with Gasteiger partial charge in [-0.15, -0.1) is 0 Å². The van der Waals surface area contributed by atoms with E-state index in [9.17, 15) is 4.79 Å². The first kappa shape index (κ1) is 13.7. The lowest BCUT2D eigenvalue weighted by atomic mass is 10.1. The van der Waals surface area contributed by atoms with Gasteiger partial charge in [-0.3, -0.25) is 4.90 Å². The van der Waals surface area contributed by atoms with Gasteiger partial charge >= 0.3 is 6.03 Å². The van der Waals surface area contributed by atoms with E-state index in [0.717, 1.165) is 45.7 Å². The van der Waals surface area contributed by atoms with Crippen LogP contribution in [0.15, 0.2) is 0 Å². The Morgan fingerprint density at radius 3 is 2.33 bits per heavy atom. The Bertz CT molecular complexity index is 272. The molecule has 0 spiro atoms. The van der Waals surface area contributed by atoms with Crippen molar-refractivity contribution in [2.24, 2.45) is 0 Å². The van der Waals surface area contributed by atoms with Crippen molar-refractivity contribution in [3.8, 4) is 0 Å². The van der Waals surface area contributed by atoms with Gasteiger partial charge in [0.25, 0.3) is 0 Å². The third-order valence-corrected chi connectivity index (χ3v) is 4.39. The topological polar surface area (TPSA) is 26.8 Å². The van der Waals surface area contributed by atoms with Gasteiger partial charge in [-0.25, -0.2) is 4.79 Å². The van der Waals surface area contributed by atoms with Crippen LogP contribution in [0.4, 0.5) is 4.79 Å². The second-order valence-electron chi connectivity index (χ2n) is 5.44. The average molecular weight is 253 g/mol. The molecule has 0 saturated carbocycles. The third-order valence-electron chi connectivity index (χ3n) is 4.39. The molecule has 1 atom stereocenters. The molecule has 2 aliphatic heterocycles. The van der Waals surface area contributed by atoms with E-state index in [4.69, 9.17) is 0 Å². The molecular weight excluding hydrogens is 226 g/mol. The minimum absolute atomic E-state index is 0.282. The fraction of sp³-hybridized carbons (Fsp3) is 0.929. The smallest absolute Gasteiger partial charge is 0.320 e. The van der Waals surface area contributed by atoms with Gasteiger partial charge in [0.15, 0.2) is 0 Å². The van der Waals surface area contributed by atoms with Crippen LogP contribution >= 0.6 is 0 Å². The molecule has 0 aromatic carbocycles. The molecule has 4 nitrogen and oxygen atoms in total. The normalized spacial score (nSPS) is 24.9. The number of hydrogen-bond donors (Lipinski definition) is 0. The fourth-order valence-corrected chi connectivity index (χ4v) is 3.24. The van der Waals surface area contributed by atoms with E-state index in [0.29, 0.717) is 6.04 Å². The molecule has 2 aliphatic rings. The van der Waals surface area contributed by atoms with Crippen LogP contribution in [0.25, 0.3) is 0 Å². The quantitative estimate of drug-likeness (QED) is 0.769. The zero-order valence-electron chi connectivity index (χ0n) is 11.9. The van der Waals surface area contributed by atoms with Gasteiger partial charge in [0.05, 0.1) is 0 Å². The van der Waals surface area contributed by atoms with Crippen LogP contribution in [0.1, 0.15) is 39.5 Å². The van der Waals surface area contributed by atoms with Crippen molar-refractivity contribution in [3.63, 3.8) is 0 Å². The number of carbonyl (C=O) groups excluding carboxylic acids is 1. The first-order valence-electron chi connectivity index (χ1n) is 7.54. The summed E-state index contributed by atoms with van der Waals surface area (Å²) >= 11 is 0. The molecule has 0 aromatic rings. The predicted molar refractivity (Wildman–Crippen MR) is 73.7 cm³/mol. The highest BCUT2D eigenvalue weighted by Crippen LogP contribution is 2.19. The van der Waals surface area contributed by atoms with E-state index in [1.54, 1.807) is 0 Å². The van der Waals surface area contributed by atoms with Gasteiger partial charge in [0.1, 0.15) is 0 Å². The average Bonchev–Trinajstić information content (AvgIpc) is 2.90. The van der Waals surface area contributed by atoms with Gasteiger partial charge in [-0.05, 0) is 38.8 Å². The molecule has 18 heavy (non-hydrogen) atoms. The number of likely N-dealkylation sites (tertiary alicyclic amines) is 2. The lowest BCUT2D eigenvalue weighted by molar-refractivity contribution is 0.146. The predicted octanol–water partition coefficient (Wildman–Crippen LogP) is 2.01. The number of amides is 2. The van der Waals surface area contributed by atoms with Crippen molar-refractivity contribution in [1.29, 1.82) is 0 Å². The zero-order chi connectivity index (χ0) is 13.0.